The summed E-state index contributed by atoms with van der Waals surface area (Å²) >= 11 is 0. The van der Waals surface area contributed by atoms with E-state index in [4.69, 9.17) is 0 Å². The number of likely N-dealkylation sites (tertiary alicyclic amines) is 1. The Balaban J connectivity index is 2.00. The van der Waals surface area contributed by atoms with Crippen molar-refractivity contribution in [1.82, 2.24) is 9.88 Å². The lowest BCUT2D eigenvalue weighted by molar-refractivity contribution is -0.152. The van der Waals surface area contributed by atoms with Gasteiger partial charge in [0.2, 0.25) is 5.91 Å². The highest BCUT2D eigenvalue weighted by atomic mass is 16.4. The van der Waals surface area contributed by atoms with Crippen molar-refractivity contribution < 1.29 is 14.7 Å². The van der Waals surface area contributed by atoms with Crippen molar-refractivity contribution in [3.63, 3.8) is 0 Å². The number of carbonyl (C=O) groups excluding carboxylic acids is 1. The fraction of sp³-hybridized carbons (Fsp3) is 0.500. The smallest absolute Gasteiger partial charge is 0.308 e. The molecule has 2 atom stereocenters. The van der Waals surface area contributed by atoms with E-state index < -0.39 is 11.9 Å². The second-order valence-corrected chi connectivity index (χ2v) is 5.24. The van der Waals surface area contributed by atoms with Gasteiger partial charge in [-0.25, -0.2) is 0 Å². The Hall–Kier alpha value is -1.91. The molecule has 0 spiro atoms. The highest BCUT2D eigenvalue weighted by Gasteiger charge is 2.46. The molecule has 1 amide bonds. The zero-order chi connectivity index (χ0) is 13.4. The maximum absolute atomic E-state index is 12.1. The predicted molar refractivity (Wildman–Crippen MR) is 67.2 cm³/mol. The van der Waals surface area contributed by atoms with Gasteiger partial charge in [-0.1, -0.05) is 0 Å². The number of carboxylic acid groups (broad SMARTS) is 1. The number of rotatable bonds is 3. The van der Waals surface area contributed by atoms with Crippen LogP contribution in [0, 0.1) is 5.92 Å². The van der Waals surface area contributed by atoms with E-state index in [0.717, 1.165) is 18.4 Å². The number of carbonyl (C=O) groups is 2. The molecule has 1 aromatic rings. The van der Waals surface area contributed by atoms with Crippen molar-refractivity contribution in [2.45, 2.75) is 37.8 Å². The van der Waals surface area contributed by atoms with Crippen LogP contribution in [0.4, 0.5) is 0 Å². The minimum absolute atomic E-state index is 0.0850. The first-order valence-electron chi connectivity index (χ1n) is 6.62. The number of aliphatic carboxylic acids is 1. The van der Waals surface area contributed by atoms with E-state index in [1.54, 1.807) is 17.3 Å². The molecule has 1 aliphatic carbocycles. The van der Waals surface area contributed by atoms with Crippen LogP contribution in [0.5, 0.6) is 0 Å². The van der Waals surface area contributed by atoms with E-state index in [0.29, 0.717) is 12.8 Å². The zero-order valence-electron chi connectivity index (χ0n) is 10.5. The molecule has 5 nitrogen and oxygen atoms in total. The molecule has 0 bridgehead atoms. The van der Waals surface area contributed by atoms with E-state index in [9.17, 15) is 14.7 Å². The molecule has 2 heterocycles. The fourth-order valence-electron chi connectivity index (χ4n) is 2.91. The fourth-order valence-corrected chi connectivity index (χ4v) is 2.91. The number of carboxylic acids is 1. The lowest BCUT2D eigenvalue weighted by atomic mass is 9.84. The number of amides is 1. The number of pyridine rings is 1. The Kier molecular flexibility index (Phi) is 2.97. The van der Waals surface area contributed by atoms with Gasteiger partial charge in [0.25, 0.3) is 0 Å². The molecule has 1 aromatic heterocycles. The molecule has 2 fully saturated rings. The van der Waals surface area contributed by atoms with Crippen molar-refractivity contribution in [1.29, 1.82) is 0 Å². The van der Waals surface area contributed by atoms with Gasteiger partial charge in [-0.15, -0.1) is 0 Å². The molecule has 100 valence electrons. The first-order chi connectivity index (χ1) is 9.18. The Morgan fingerprint density at radius 2 is 1.95 bits per heavy atom. The third kappa shape index (κ3) is 2.20. The van der Waals surface area contributed by atoms with E-state index >= 15 is 0 Å². The normalized spacial score (nSPS) is 27.4. The molecular weight excluding hydrogens is 244 g/mol. The van der Waals surface area contributed by atoms with E-state index in [-0.39, 0.29) is 18.0 Å². The van der Waals surface area contributed by atoms with Crippen LogP contribution in [0.3, 0.4) is 0 Å². The van der Waals surface area contributed by atoms with Crippen molar-refractivity contribution in [3.8, 4) is 0 Å². The predicted octanol–water partition coefficient (Wildman–Crippen LogP) is 1.61. The number of nitrogens with zero attached hydrogens (tertiary/aromatic N) is 2. The number of hydrogen-bond acceptors (Lipinski definition) is 3. The lowest BCUT2D eigenvalue weighted by Crippen LogP contribution is -2.46. The topological polar surface area (TPSA) is 70.5 Å². The van der Waals surface area contributed by atoms with E-state index in [1.807, 2.05) is 12.1 Å². The number of aromatic nitrogens is 1. The molecule has 1 saturated carbocycles. The van der Waals surface area contributed by atoms with Crippen LogP contribution in [0.1, 0.15) is 37.3 Å². The SMILES string of the molecule is O=C(O)[C@H]1CCC(=O)N(C2CC2)[C@@H]1c1ccncc1. The first-order valence-corrected chi connectivity index (χ1v) is 6.62. The molecule has 2 aliphatic rings. The van der Waals surface area contributed by atoms with Gasteiger partial charge in [0.05, 0.1) is 12.0 Å². The van der Waals surface area contributed by atoms with Crippen LogP contribution in [-0.4, -0.2) is 32.9 Å². The summed E-state index contributed by atoms with van der Waals surface area (Å²) in [6.45, 7) is 0. The first kappa shape index (κ1) is 12.1. The Morgan fingerprint density at radius 3 is 2.53 bits per heavy atom. The average Bonchev–Trinajstić information content (AvgIpc) is 3.23. The highest BCUT2D eigenvalue weighted by molar-refractivity contribution is 5.82. The van der Waals surface area contributed by atoms with Crippen LogP contribution >= 0.6 is 0 Å². The van der Waals surface area contributed by atoms with Crippen molar-refractivity contribution in [2.24, 2.45) is 5.92 Å². The van der Waals surface area contributed by atoms with Crippen molar-refractivity contribution in [3.05, 3.63) is 30.1 Å². The summed E-state index contributed by atoms with van der Waals surface area (Å²) in [6, 6.07) is 3.52. The van der Waals surface area contributed by atoms with Crippen LogP contribution in [0.25, 0.3) is 0 Å². The third-order valence-corrected chi connectivity index (χ3v) is 3.94. The van der Waals surface area contributed by atoms with Gasteiger partial charge in [-0.3, -0.25) is 14.6 Å². The standard InChI is InChI=1S/C14H16N2O3/c17-12-4-3-11(14(18)19)13(16(12)10-1-2-10)9-5-7-15-8-6-9/h5-8,10-11,13H,1-4H2,(H,18,19)/t11-,13+/m0/s1. The molecule has 0 aromatic carbocycles. The Morgan fingerprint density at radius 1 is 1.26 bits per heavy atom. The van der Waals surface area contributed by atoms with Gasteiger partial charge >= 0.3 is 5.97 Å². The van der Waals surface area contributed by atoms with E-state index in [2.05, 4.69) is 4.98 Å². The van der Waals surface area contributed by atoms with Gasteiger partial charge < -0.3 is 10.0 Å². The minimum Gasteiger partial charge on any atom is -0.481 e. The van der Waals surface area contributed by atoms with Crippen LogP contribution in [0.15, 0.2) is 24.5 Å². The molecule has 19 heavy (non-hydrogen) atoms. The van der Waals surface area contributed by atoms with Crippen molar-refractivity contribution >= 4 is 11.9 Å². The summed E-state index contributed by atoms with van der Waals surface area (Å²) < 4.78 is 0. The summed E-state index contributed by atoms with van der Waals surface area (Å²) in [5.74, 6) is -1.25. The minimum atomic E-state index is -0.819. The maximum atomic E-state index is 12.1. The molecule has 5 heteroatoms. The Bertz CT molecular complexity index is 499. The van der Waals surface area contributed by atoms with Gasteiger partial charge in [-0.2, -0.15) is 0 Å². The van der Waals surface area contributed by atoms with Crippen LogP contribution in [0.2, 0.25) is 0 Å². The summed E-state index contributed by atoms with van der Waals surface area (Å²) in [6.07, 6.45) is 6.04. The third-order valence-electron chi connectivity index (χ3n) is 3.94. The highest BCUT2D eigenvalue weighted by Crippen LogP contribution is 2.43. The van der Waals surface area contributed by atoms with Gasteiger partial charge in [-0.05, 0) is 37.0 Å². The zero-order valence-corrected chi connectivity index (χ0v) is 10.5. The van der Waals surface area contributed by atoms with Crippen LogP contribution < -0.4 is 0 Å². The van der Waals surface area contributed by atoms with E-state index in [1.165, 1.54) is 0 Å². The summed E-state index contributed by atoms with van der Waals surface area (Å²) in [4.78, 5) is 29.4. The van der Waals surface area contributed by atoms with Crippen molar-refractivity contribution in [2.75, 3.05) is 0 Å². The monoisotopic (exact) mass is 260 g/mol. The quantitative estimate of drug-likeness (QED) is 0.896. The molecule has 0 radical (unpaired) electrons. The largest absolute Gasteiger partial charge is 0.481 e. The molecular formula is C14H16N2O3. The molecule has 1 saturated heterocycles. The second-order valence-electron chi connectivity index (χ2n) is 5.24. The second kappa shape index (κ2) is 4.64. The summed E-state index contributed by atoms with van der Waals surface area (Å²) in [5, 5.41) is 9.42. The molecule has 1 aliphatic heterocycles. The van der Waals surface area contributed by atoms with Gasteiger partial charge in [0, 0.05) is 24.9 Å². The molecule has 0 unspecified atom stereocenters. The summed E-state index contributed by atoms with van der Waals surface area (Å²) in [5.41, 5.74) is 0.877. The Labute approximate surface area is 111 Å². The van der Waals surface area contributed by atoms with Crippen LogP contribution in [-0.2, 0) is 9.59 Å². The maximum Gasteiger partial charge on any atom is 0.308 e. The molecule has 3 rings (SSSR count). The van der Waals surface area contributed by atoms with Gasteiger partial charge in [0.15, 0.2) is 0 Å². The molecule has 1 N–H and O–H groups in total. The lowest BCUT2D eigenvalue weighted by Gasteiger charge is -2.40. The number of piperidine rings is 1. The van der Waals surface area contributed by atoms with Gasteiger partial charge in [0.1, 0.15) is 0 Å². The average molecular weight is 260 g/mol. The number of hydrogen-bond donors (Lipinski definition) is 1. The summed E-state index contributed by atoms with van der Waals surface area (Å²) in [7, 11) is 0.